The van der Waals surface area contributed by atoms with Crippen molar-refractivity contribution in [3.8, 4) is 11.5 Å². The number of nitrogens with two attached hydrogens (primary N) is 1. The van der Waals surface area contributed by atoms with E-state index in [1.165, 1.54) is 0 Å². The normalized spacial score (nSPS) is 24.4. The Labute approximate surface area is 103 Å². The van der Waals surface area contributed by atoms with Gasteiger partial charge in [-0.2, -0.15) is 21.8 Å². The van der Waals surface area contributed by atoms with Gasteiger partial charge in [0.05, 0.1) is 5.92 Å². The monoisotopic (exact) mass is 251 g/mol. The molecule has 1 fully saturated rings. The fraction of sp³-hybridized carbons (Fsp3) is 0.500. The number of aromatic nitrogens is 4. The van der Waals surface area contributed by atoms with Gasteiger partial charge in [-0.1, -0.05) is 5.16 Å². The van der Waals surface area contributed by atoms with Crippen LogP contribution in [0.5, 0.6) is 0 Å². The van der Waals surface area contributed by atoms with E-state index in [1.54, 1.807) is 4.68 Å². The second-order valence-electron chi connectivity index (χ2n) is 4.14. The first kappa shape index (κ1) is 10.8. The maximum atomic E-state index is 5.99. The Bertz CT molecular complexity index is 522. The molecule has 7 heteroatoms. The first-order chi connectivity index (χ1) is 8.24. The minimum absolute atomic E-state index is 0.108. The number of thioether (sulfide) groups is 1. The highest BCUT2D eigenvalue weighted by atomic mass is 32.2. The molecule has 3 rings (SSSR count). The molecule has 0 aromatic carbocycles. The van der Waals surface area contributed by atoms with E-state index in [2.05, 4.69) is 15.2 Å². The topological polar surface area (TPSA) is 82.8 Å². The molecule has 1 aliphatic rings. The predicted octanol–water partition coefficient (Wildman–Crippen LogP) is 0.628. The van der Waals surface area contributed by atoms with Crippen LogP contribution in [0, 0.1) is 0 Å². The molecule has 6 nitrogen and oxygen atoms in total. The van der Waals surface area contributed by atoms with Crippen LogP contribution < -0.4 is 5.73 Å². The minimum Gasteiger partial charge on any atom is -0.339 e. The van der Waals surface area contributed by atoms with Gasteiger partial charge in [0.25, 0.3) is 0 Å². The van der Waals surface area contributed by atoms with Gasteiger partial charge in [0.2, 0.25) is 11.7 Å². The lowest BCUT2D eigenvalue weighted by Crippen LogP contribution is -2.26. The Balaban J connectivity index is 1.87. The molecule has 0 aliphatic carbocycles. The van der Waals surface area contributed by atoms with E-state index in [0.717, 1.165) is 17.2 Å². The molecule has 0 spiro atoms. The van der Waals surface area contributed by atoms with Gasteiger partial charge in [-0.3, -0.25) is 4.68 Å². The van der Waals surface area contributed by atoms with Crippen molar-refractivity contribution in [2.45, 2.75) is 12.0 Å². The summed E-state index contributed by atoms with van der Waals surface area (Å²) < 4.78 is 6.99. The molecule has 0 bridgehead atoms. The molecule has 3 heterocycles. The second-order valence-corrected chi connectivity index (χ2v) is 5.21. The number of nitrogens with zero attached hydrogens (tertiary/aromatic N) is 4. The van der Waals surface area contributed by atoms with Crippen LogP contribution in [0.2, 0.25) is 0 Å². The van der Waals surface area contributed by atoms with Crippen LogP contribution in [0.3, 0.4) is 0 Å². The largest absolute Gasteiger partial charge is 0.339 e. The van der Waals surface area contributed by atoms with Gasteiger partial charge >= 0.3 is 0 Å². The van der Waals surface area contributed by atoms with Crippen LogP contribution in [-0.2, 0) is 7.05 Å². The highest BCUT2D eigenvalue weighted by molar-refractivity contribution is 7.99. The van der Waals surface area contributed by atoms with Crippen molar-refractivity contribution in [3.63, 3.8) is 0 Å². The van der Waals surface area contributed by atoms with E-state index in [0.29, 0.717) is 11.7 Å². The number of hydrogen-bond acceptors (Lipinski definition) is 6. The number of aryl methyl sites for hydroxylation is 1. The maximum absolute atomic E-state index is 5.99. The van der Waals surface area contributed by atoms with Crippen molar-refractivity contribution in [1.82, 2.24) is 19.9 Å². The van der Waals surface area contributed by atoms with Crippen molar-refractivity contribution in [1.29, 1.82) is 0 Å². The summed E-state index contributed by atoms with van der Waals surface area (Å²) in [6.45, 7) is 0. The van der Waals surface area contributed by atoms with Gasteiger partial charge in [-0.05, 0) is 6.07 Å². The van der Waals surface area contributed by atoms with E-state index >= 15 is 0 Å². The van der Waals surface area contributed by atoms with Crippen LogP contribution in [0.25, 0.3) is 11.5 Å². The first-order valence-electron chi connectivity index (χ1n) is 5.41. The molecular formula is C10H13N5OS. The Morgan fingerprint density at radius 2 is 2.41 bits per heavy atom. The third-order valence-corrected chi connectivity index (χ3v) is 4.04. The van der Waals surface area contributed by atoms with Gasteiger partial charge in [0, 0.05) is 30.8 Å². The summed E-state index contributed by atoms with van der Waals surface area (Å²) in [4.78, 5) is 4.38. The molecule has 2 atom stereocenters. The zero-order chi connectivity index (χ0) is 11.8. The van der Waals surface area contributed by atoms with E-state index in [1.807, 2.05) is 31.1 Å². The third kappa shape index (κ3) is 1.96. The predicted molar refractivity (Wildman–Crippen MR) is 64.5 cm³/mol. The molecule has 90 valence electrons. The van der Waals surface area contributed by atoms with Crippen molar-refractivity contribution in [2.75, 3.05) is 11.5 Å². The minimum atomic E-state index is 0.108. The van der Waals surface area contributed by atoms with Crippen LogP contribution in [0.15, 0.2) is 16.8 Å². The lowest BCUT2D eigenvalue weighted by Gasteiger charge is -2.07. The van der Waals surface area contributed by atoms with E-state index in [4.69, 9.17) is 10.3 Å². The number of hydrogen-bond donors (Lipinski definition) is 1. The fourth-order valence-corrected chi connectivity index (χ4v) is 3.13. The molecule has 17 heavy (non-hydrogen) atoms. The highest BCUT2D eigenvalue weighted by Gasteiger charge is 2.31. The van der Waals surface area contributed by atoms with Crippen LogP contribution >= 0.6 is 11.8 Å². The summed E-state index contributed by atoms with van der Waals surface area (Å²) in [5.74, 6) is 3.23. The van der Waals surface area contributed by atoms with Crippen molar-refractivity contribution in [2.24, 2.45) is 12.8 Å². The molecule has 0 amide bonds. The fourth-order valence-electron chi connectivity index (χ4n) is 1.85. The van der Waals surface area contributed by atoms with Crippen molar-refractivity contribution in [3.05, 3.63) is 18.2 Å². The molecule has 1 saturated heterocycles. The summed E-state index contributed by atoms with van der Waals surface area (Å²) in [7, 11) is 1.86. The van der Waals surface area contributed by atoms with Gasteiger partial charge in [-0.25, -0.2) is 0 Å². The molecule has 2 aromatic heterocycles. The summed E-state index contributed by atoms with van der Waals surface area (Å²) in [6.07, 6.45) is 1.85. The Kier molecular flexibility index (Phi) is 2.64. The molecular weight excluding hydrogens is 238 g/mol. The van der Waals surface area contributed by atoms with Crippen LogP contribution in [0.4, 0.5) is 0 Å². The zero-order valence-electron chi connectivity index (χ0n) is 9.41. The summed E-state index contributed by atoms with van der Waals surface area (Å²) in [5, 5.41) is 8.19. The summed E-state index contributed by atoms with van der Waals surface area (Å²) in [6, 6.07) is 1.97. The summed E-state index contributed by atoms with van der Waals surface area (Å²) >= 11 is 1.82. The lowest BCUT2D eigenvalue weighted by molar-refractivity contribution is 0.352. The van der Waals surface area contributed by atoms with Gasteiger partial charge in [-0.15, -0.1) is 0 Å². The molecule has 2 aromatic rings. The first-order valence-corrected chi connectivity index (χ1v) is 6.56. The SMILES string of the molecule is Cn1ccc(-c2noc(C3CSCC3N)n2)n1. The van der Waals surface area contributed by atoms with Gasteiger partial charge < -0.3 is 10.3 Å². The van der Waals surface area contributed by atoms with E-state index < -0.39 is 0 Å². The van der Waals surface area contributed by atoms with E-state index in [9.17, 15) is 0 Å². The van der Waals surface area contributed by atoms with Crippen molar-refractivity contribution < 1.29 is 4.52 Å². The average molecular weight is 251 g/mol. The van der Waals surface area contributed by atoms with Gasteiger partial charge in [0.1, 0.15) is 5.69 Å². The molecule has 0 saturated carbocycles. The van der Waals surface area contributed by atoms with E-state index in [-0.39, 0.29) is 12.0 Å². The Morgan fingerprint density at radius 3 is 3.06 bits per heavy atom. The lowest BCUT2D eigenvalue weighted by atomic mass is 10.1. The summed E-state index contributed by atoms with van der Waals surface area (Å²) in [5.41, 5.74) is 6.72. The maximum Gasteiger partial charge on any atom is 0.232 e. The molecule has 0 radical (unpaired) electrons. The quantitative estimate of drug-likeness (QED) is 0.842. The van der Waals surface area contributed by atoms with Crippen LogP contribution in [-0.4, -0.2) is 37.5 Å². The van der Waals surface area contributed by atoms with Crippen LogP contribution in [0.1, 0.15) is 11.8 Å². The standard InChI is InChI=1S/C10H13N5OS/c1-15-3-2-8(13-15)9-12-10(16-14-9)6-4-17-5-7(6)11/h2-3,6-7H,4-5,11H2,1H3. The third-order valence-electron chi connectivity index (χ3n) is 2.83. The highest BCUT2D eigenvalue weighted by Crippen LogP contribution is 2.31. The number of rotatable bonds is 2. The second kappa shape index (κ2) is 4.15. The molecule has 2 unspecified atom stereocenters. The smallest absolute Gasteiger partial charge is 0.232 e. The Morgan fingerprint density at radius 1 is 1.53 bits per heavy atom. The zero-order valence-corrected chi connectivity index (χ0v) is 10.2. The molecule has 2 N–H and O–H groups in total. The Hall–Kier alpha value is -1.34. The van der Waals surface area contributed by atoms with Gasteiger partial charge in [0.15, 0.2) is 0 Å². The van der Waals surface area contributed by atoms with Crippen molar-refractivity contribution >= 4 is 11.8 Å². The molecule has 1 aliphatic heterocycles. The average Bonchev–Trinajstić information content (AvgIpc) is 2.97.